The van der Waals surface area contributed by atoms with E-state index in [1.54, 1.807) is 0 Å². The number of hydrogen-bond donors (Lipinski definition) is 2. The van der Waals surface area contributed by atoms with Gasteiger partial charge in [0.2, 0.25) is 0 Å². The number of anilines is 1. The third-order valence-corrected chi connectivity index (χ3v) is 4.41. The summed E-state index contributed by atoms with van der Waals surface area (Å²) in [5.74, 6) is 0. The van der Waals surface area contributed by atoms with Crippen molar-refractivity contribution in [2.45, 2.75) is 38.4 Å². The van der Waals surface area contributed by atoms with E-state index in [1.165, 1.54) is 11.1 Å². The molecule has 114 valence electrons. The summed E-state index contributed by atoms with van der Waals surface area (Å²) in [6.07, 6.45) is 2.36. The Bertz CT molecular complexity index is 527. The van der Waals surface area contributed by atoms with Gasteiger partial charge < -0.3 is 15.4 Å². The van der Waals surface area contributed by atoms with Gasteiger partial charge in [-0.2, -0.15) is 0 Å². The zero-order valence-electron chi connectivity index (χ0n) is 13.1. The number of hydrogen-bond acceptors (Lipinski definition) is 4. The Kier molecular flexibility index (Phi) is 5.02. The molecule has 0 saturated heterocycles. The van der Waals surface area contributed by atoms with Crippen LogP contribution in [0, 0.1) is 0 Å². The standard InChI is InChI=1S/C17H25N3O/c1-12(18-3)17(6-5-9-21)20-11-14-10-15(19-4)7-8-16(14)13(20)2/h7-10,13,17-19H,1,5-6,11H2,2-4H3. The average Bonchev–Trinajstić information content (AvgIpc) is 2.83. The molecule has 4 heteroatoms. The summed E-state index contributed by atoms with van der Waals surface area (Å²) in [5.41, 5.74) is 4.84. The largest absolute Gasteiger partial charge is 0.391 e. The fourth-order valence-corrected chi connectivity index (χ4v) is 3.13. The molecule has 0 spiro atoms. The van der Waals surface area contributed by atoms with Gasteiger partial charge in [-0.05, 0) is 36.6 Å². The summed E-state index contributed by atoms with van der Waals surface area (Å²) < 4.78 is 0. The minimum atomic E-state index is 0.181. The third kappa shape index (κ3) is 3.10. The second kappa shape index (κ2) is 6.76. The number of rotatable bonds is 7. The lowest BCUT2D eigenvalue weighted by Crippen LogP contribution is -2.37. The van der Waals surface area contributed by atoms with Crippen molar-refractivity contribution in [3.63, 3.8) is 0 Å². The van der Waals surface area contributed by atoms with E-state index < -0.39 is 0 Å². The minimum absolute atomic E-state index is 0.181. The number of carbonyl (C=O) groups excluding carboxylic acids is 1. The number of likely N-dealkylation sites (N-methyl/N-ethyl adjacent to an activating group) is 1. The van der Waals surface area contributed by atoms with Crippen LogP contribution >= 0.6 is 0 Å². The number of carbonyl (C=O) groups is 1. The van der Waals surface area contributed by atoms with Crippen LogP contribution in [0.25, 0.3) is 0 Å². The molecule has 1 aromatic rings. The molecule has 4 nitrogen and oxygen atoms in total. The molecule has 0 amide bonds. The first kappa shape index (κ1) is 15.6. The zero-order chi connectivity index (χ0) is 15.4. The van der Waals surface area contributed by atoms with E-state index in [2.05, 4.69) is 47.2 Å². The molecule has 0 bridgehead atoms. The van der Waals surface area contributed by atoms with Crippen LogP contribution in [0.2, 0.25) is 0 Å². The molecule has 1 heterocycles. The highest BCUT2D eigenvalue weighted by atomic mass is 16.1. The maximum Gasteiger partial charge on any atom is 0.120 e. The van der Waals surface area contributed by atoms with E-state index in [0.29, 0.717) is 12.5 Å². The SMILES string of the molecule is C=C(NC)C(CCC=O)N1Cc2cc(NC)ccc2C1C. The van der Waals surface area contributed by atoms with Crippen molar-refractivity contribution in [2.24, 2.45) is 0 Å². The minimum Gasteiger partial charge on any atom is -0.391 e. The van der Waals surface area contributed by atoms with Gasteiger partial charge in [0, 0.05) is 44.5 Å². The van der Waals surface area contributed by atoms with Gasteiger partial charge in [-0.3, -0.25) is 4.90 Å². The van der Waals surface area contributed by atoms with Gasteiger partial charge in [0.15, 0.2) is 0 Å². The van der Waals surface area contributed by atoms with Crippen LogP contribution in [0.15, 0.2) is 30.5 Å². The first-order valence-electron chi connectivity index (χ1n) is 7.48. The maximum atomic E-state index is 10.7. The number of benzene rings is 1. The van der Waals surface area contributed by atoms with Crippen molar-refractivity contribution >= 4 is 12.0 Å². The Labute approximate surface area is 127 Å². The predicted octanol–water partition coefficient (Wildman–Crippen LogP) is 2.69. The zero-order valence-corrected chi connectivity index (χ0v) is 13.1. The van der Waals surface area contributed by atoms with E-state index >= 15 is 0 Å². The van der Waals surface area contributed by atoms with E-state index in [0.717, 1.165) is 30.6 Å². The number of aldehydes is 1. The highest BCUT2D eigenvalue weighted by Crippen LogP contribution is 2.38. The van der Waals surface area contributed by atoms with Crippen molar-refractivity contribution < 1.29 is 4.79 Å². The fourth-order valence-electron chi connectivity index (χ4n) is 3.13. The molecule has 0 aliphatic carbocycles. The Balaban J connectivity index is 2.24. The van der Waals surface area contributed by atoms with Crippen LogP contribution in [-0.2, 0) is 11.3 Å². The van der Waals surface area contributed by atoms with Crippen molar-refractivity contribution in [1.82, 2.24) is 10.2 Å². The Morgan fingerprint density at radius 1 is 1.52 bits per heavy atom. The first-order chi connectivity index (χ1) is 10.1. The van der Waals surface area contributed by atoms with Crippen LogP contribution in [0.1, 0.15) is 36.9 Å². The first-order valence-corrected chi connectivity index (χ1v) is 7.48. The second-order valence-electron chi connectivity index (χ2n) is 5.55. The fraction of sp³-hybridized carbons (Fsp3) is 0.471. The molecule has 1 aromatic carbocycles. The number of fused-ring (bicyclic) bond motifs is 1. The molecule has 2 unspecified atom stereocenters. The van der Waals surface area contributed by atoms with Gasteiger partial charge >= 0.3 is 0 Å². The van der Waals surface area contributed by atoms with Crippen molar-refractivity contribution in [2.75, 3.05) is 19.4 Å². The molecular weight excluding hydrogens is 262 g/mol. The summed E-state index contributed by atoms with van der Waals surface area (Å²) in [4.78, 5) is 13.2. The van der Waals surface area contributed by atoms with E-state index in [4.69, 9.17) is 0 Å². The molecule has 2 atom stereocenters. The number of nitrogens with zero attached hydrogens (tertiary/aromatic N) is 1. The maximum absolute atomic E-state index is 10.7. The molecule has 0 aromatic heterocycles. The van der Waals surface area contributed by atoms with Gasteiger partial charge in [0.1, 0.15) is 6.29 Å². The van der Waals surface area contributed by atoms with Crippen LogP contribution in [0.4, 0.5) is 5.69 Å². The van der Waals surface area contributed by atoms with Gasteiger partial charge in [0.25, 0.3) is 0 Å². The molecule has 1 aliphatic heterocycles. The van der Waals surface area contributed by atoms with Gasteiger partial charge in [-0.15, -0.1) is 0 Å². The summed E-state index contributed by atoms with van der Waals surface area (Å²) in [7, 11) is 3.83. The third-order valence-electron chi connectivity index (χ3n) is 4.41. The monoisotopic (exact) mass is 287 g/mol. The van der Waals surface area contributed by atoms with Crippen molar-refractivity contribution in [1.29, 1.82) is 0 Å². The van der Waals surface area contributed by atoms with Crippen LogP contribution in [0.5, 0.6) is 0 Å². The molecule has 0 radical (unpaired) electrons. The van der Waals surface area contributed by atoms with Crippen LogP contribution in [-0.4, -0.2) is 31.3 Å². The summed E-state index contributed by atoms with van der Waals surface area (Å²) >= 11 is 0. The summed E-state index contributed by atoms with van der Waals surface area (Å²) in [6, 6.07) is 7.05. The molecule has 1 aliphatic rings. The Morgan fingerprint density at radius 2 is 2.29 bits per heavy atom. The van der Waals surface area contributed by atoms with Gasteiger partial charge in [-0.25, -0.2) is 0 Å². The molecule has 0 fully saturated rings. The number of nitrogens with one attached hydrogen (secondary N) is 2. The van der Waals surface area contributed by atoms with Crippen LogP contribution < -0.4 is 10.6 Å². The topological polar surface area (TPSA) is 44.4 Å². The normalized spacial score (nSPS) is 18.9. The lowest BCUT2D eigenvalue weighted by atomic mass is 10.0. The average molecular weight is 287 g/mol. The Hall–Kier alpha value is -1.81. The molecular formula is C17H25N3O. The van der Waals surface area contributed by atoms with Crippen molar-refractivity contribution in [3.8, 4) is 0 Å². The van der Waals surface area contributed by atoms with Gasteiger partial charge in [-0.1, -0.05) is 12.6 Å². The second-order valence-corrected chi connectivity index (χ2v) is 5.55. The molecule has 2 rings (SSSR count). The van der Waals surface area contributed by atoms with Crippen LogP contribution in [0.3, 0.4) is 0 Å². The van der Waals surface area contributed by atoms with E-state index in [-0.39, 0.29) is 6.04 Å². The predicted molar refractivity (Wildman–Crippen MR) is 87.2 cm³/mol. The summed E-state index contributed by atoms with van der Waals surface area (Å²) in [5, 5.41) is 6.35. The molecule has 0 saturated carbocycles. The lowest BCUT2D eigenvalue weighted by molar-refractivity contribution is -0.108. The van der Waals surface area contributed by atoms with Crippen molar-refractivity contribution in [3.05, 3.63) is 41.6 Å². The quantitative estimate of drug-likeness (QED) is 0.757. The smallest absolute Gasteiger partial charge is 0.120 e. The highest BCUT2D eigenvalue weighted by molar-refractivity contribution is 5.51. The molecule has 2 N–H and O–H groups in total. The lowest BCUT2D eigenvalue weighted by Gasteiger charge is -2.32. The van der Waals surface area contributed by atoms with E-state index in [1.807, 2.05) is 14.1 Å². The summed E-state index contributed by atoms with van der Waals surface area (Å²) in [6.45, 7) is 7.24. The Morgan fingerprint density at radius 3 is 2.90 bits per heavy atom. The van der Waals surface area contributed by atoms with Gasteiger partial charge in [0.05, 0.1) is 6.04 Å². The van der Waals surface area contributed by atoms with E-state index in [9.17, 15) is 4.79 Å². The molecule has 21 heavy (non-hydrogen) atoms. The highest BCUT2D eigenvalue weighted by Gasteiger charge is 2.32.